The normalized spacial score (nSPS) is 13.0. The highest BCUT2D eigenvalue weighted by Crippen LogP contribution is 2.23. The molecule has 0 saturated carbocycles. The highest BCUT2D eigenvalue weighted by Gasteiger charge is 2.39. The average molecular weight is 375 g/mol. The lowest BCUT2D eigenvalue weighted by atomic mass is 10.3. The lowest BCUT2D eigenvalue weighted by molar-refractivity contribution is -0.140. The Morgan fingerprint density at radius 3 is 1.96 bits per heavy atom. The van der Waals surface area contributed by atoms with Crippen LogP contribution in [0.2, 0.25) is 0 Å². The number of anilines is 1. The Kier molecular flexibility index (Phi) is 5.90. The average Bonchev–Trinajstić information content (AvgIpc) is 2.43. The zero-order valence-electron chi connectivity index (χ0n) is 13.3. The number of hydrogen-bond donors (Lipinski definition) is 1. The molecule has 8 nitrogen and oxygen atoms in total. The van der Waals surface area contributed by atoms with Crippen LogP contribution in [0.3, 0.4) is 0 Å². The largest absolute Gasteiger partial charge is 0.430 e. The van der Waals surface area contributed by atoms with Gasteiger partial charge in [0, 0.05) is 24.4 Å². The minimum absolute atomic E-state index is 0.263. The van der Waals surface area contributed by atoms with Crippen molar-refractivity contribution in [3.63, 3.8) is 0 Å². The molecule has 1 atom stereocenters. The van der Waals surface area contributed by atoms with Crippen molar-refractivity contribution in [1.82, 2.24) is 0 Å². The molecular formula is C14H17NO7S2. The molecule has 24 heavy (non-hydrogen) atoms. The van der Waals surface area contributed by atoms with Crippen LogP contribution in [0.4, 0.5) is 5.69 Å². The van der Waals surface area contributed by atoms with Crippen molar-refractivity contribution < 1.29 is 31.2 Å². The van der Waals surface area contributed by atoms with Gasteiger partial charge in [0.05, 0.1) is 4.90 Å². The standard InChI is InChI=1S/C14H17NO7S2/c1-9(2)13(17)15-11-5-7-12(8-6-11)24(20,21)14(22-10(3)16)23(4,18)19/h5-8,14H,1H2,2-4H3,(H,15,17). The molecule has 0 radical (unpaired) electrons. The predicted octanol–water partition coefficient (Wildman–Crippen LogP) is 0.866. The summed E-state index contributed by atoms with van der Waals surface area (Å²) in [5, 5.41) is 2.47. The molecule has 1 unspecified atom stereocenters. The lowest BCUT2D eigenvalue weighted by Gasteiger charge is -2.16. The number of carbonyl (C=O) groups is 2. The van der Waals surface area contributed by atoms with Gasteiger partial charge in [0.2, 0.25) is 19.7 Å². The van der Waals surface area contributed by atoms with Gasteiger partial charge in [-0.1, -0.05) is 6.58 Å². The van der Waals surface area contributed by atoms with E-state index in [0.29, 0.717) is 11.9 Å². The summed E-state index contributed by atoms with van der Waals surface area (Å²) in [6.45, 7) is 5.87. The third-order valence-electron chi connectivity index (χ3n) is 2.69. The Bertz CT molecular complexity index is 868. The van der Waals surface area contributed by atoms with Crippen LogP contribution in [0.25, 0.3) is 0 Å². The van der Waals surface area contributed by atoms with E-state index in [1.807, 2.05) is 0 Å². The van der Waals surface area contributed by atoms with Crippen molar-refractivity contribution in [1.29, 1.82) is 0 Å². The molecule has 0 aliphatic rings. The first-order valence-electron chi connectivity index (χ1n) is 6.52. The first-order valence-corrected chi connectivity index (χ1v) is 10.0. The van der Waals surface area contributed by atoms with E-state index in [1.165, 1.54) is 19.1 Å². The summed E-state index contributed by atoms with van der Waals surface area (Å²) >= 11 is 0. The molecule has 1 rings (SSSR count). The first-order chi connectivity index (χ1) is 10.9. The van der Waals surface area contributed by atoms with Crippen molar-refractivity contribution in [3.05, 3.63) is 36.4 Å². The summed E-state index contributed by atoms with van der Waals surface area (Å²) in [6, 6.07) is 4.76. The molecule has 1 N–H and O–H groups in total. The number of hydrogen-bond acceptors (Lipinski definition) is 7. The third kappa shape index (κ3) is 4.90. The second-order valence-corrected chi connectivity index (χ2v) is 9.41. The van der Waals surface area contributed by atoms with E-state index in [-0.39, 0.29) is 10.5 Å². The Hall–Kier alpha value is -2.20. The van der Waals surface area contributed by atoms with Gasteiger partial charge in [-0.15, -0.1) is 0 Å². The molecule has 0 bridgehead atoms. The second-order valence-electron chi connectivity index (χ2n) is 5.03. The van der Waals surface area contributed by atoms with Gasteiger partial charge in [-0.05, 0) is 31.2 Å². The minimum Gasteiger partial charge on any atom is -0.430 e. The molecule has 0 aliphatic carbocycles. The quantitative estimate of drug-likeness (QED) is 0.578. The number of ether oxygens (including phenoxy) is 1. The van der Waals surface area contributed by atoms with E-state index in [4.69, 9.17) is 0 Å². The van der Waals surface area contributed by atoms with Gasteiger partial charge < -0.3 is 10.1 Å². The number of nitrogens with one attached hydrogen (secondary N) is 1. The van der Waals surface area contributed by atoms with Crippen LogP contribution in [-0.4, -0.2) is 39.7 Å². The highest BCUT2D eigenvalue weighted by molar-refractivity contribution is 8.08. The van der Waals surface area contributed by atoms with Crippen molar-refractivity contribution >= 4 is 37.2 Å². The Balaban J connectivity index is 3.20. The third-order valence-corrected chi connectivity index (χ3v) is 6.83. The van der Waals surface area contributed by atoms with Gasteiger partial charge in [-0.25, -0.2) is 16.8 Å². The molecular weight excluding hydrogens is 358 g/mol. The van der Waals surface area contributed by atoms with Crippen LogP contribution in [0.5, 0.6) is 0 Å². The van der Waals surface area contributed by atoms with Crippen LogP contribution < -0.4 is 5.32 Å². The summed E-state index contributed by atoms with van der Waals surface area (Å²) < 4.78 is 50.2. The van der Waals surface area contributed by atoms with Crippen LogP contribution >= 0.6 is 0 Å². The van der Waals surface area contributed by atoms with E-state index in [1.54, 1.807) is 0 Å². The summed E-state index contributed by atoms with van der Waals surface area (Å²) in [6.07, 6.45) is 0.652. The van der Waals surface area contributed by atoms with Gasteiger partial charge in [0.15, 0.2) is 0 Å². The zero-order chi connectivity index (χ0) is 18.7. The van der Waals surface area contributed by atoms with Crippen LogP contribution in [0.1, 0.15) is 13.8 Å². The van der Waals surface area contributed by atoms with Gasteiger partial charge in [-0.2, -0.15) is 0 Å². The van der Waals surface area contributed by atoms with Crippen molar-refractivity contribution in [3.8, 4) is 0 Å². The van der Waals surface area contributed by atoms with Crippen molar-refractivity contribution in [2.24, 2.45) is 0 Å². The van der Waals surface area contributed by atoms with E-state index in [0.717, 1.165) is 19.1 Å². The lowest BCUT2D eigenvalue weighted by Crippen LogP contribution is -2.34. The van der Waals surface area contributed by atoms with Gasteiger partial charge in [0.1, 0.15) is 0 Å². The van der Waals surface area contributed by atoms with E-state index in [9.17, 15) is 26.4 Å². The van der Waals surface area contributed by atoms with Gasteiger partial charge in [0.25, 0.3) is 5.91 Å². The molecule has 1 aromatic carbocycles. The van der Waals surface area contributed by atoms with Crippen LogP contribution in [0.15, 0.2) is 41.3 Å². The fourth-order valence-electron chi connectivity index (χ4n) is 1.59. The molecule has 0 aliphatic heterocycles. The van der Waals surface area contributed by atoms with Crippen molar-refractivity contribution in [2.75, 3.05) is 11.6 Å². The molecule has 132 valence electrons. The topological polar surface area (TPSA) is 124 Å². The summed E-state index contributed by atoms with van der Waals surface area (Å²) in [4.78, 5) is 22.1. The van der Waals surface area contributed by atoms with E-state index in [2.05, 4.69) is 16.6 Å². The Morgan fingerprint density at radius 1 is 1.08 bits per heavy atom. The molecule has 0 aromatic heterocycles. The van der Waals surface area contributed by atoms with Crippen LogP contribution in [-0.2, 0) is 34.0 Å². The monoisotopic (exact) mass is 375 g/mol. The van der Waals surface area contributed by atoms with Gasteiger partial charge >= 0.3 is 10.7 Å². The minimum atomic E-state index is -4.48. The number of amides is 1. The van der Waals surface area contributed by atoms with E-state index >= 15 is 0 Å². The fourth-order valence-corrected chi connectivity index (χ4v) is 5.08. The van der Waals surface area contributed by atoms with Gasteiger partial charge in [-0.3, -0.25) is 9.59 Å². The smallest absolute Gasteiger partial charge is 0.305 e. The maximum absolute atomic E-state index is 12.4. The number of rotatable bonds is 6. The Morgan fingerprint density at radius 2 is 1.58 bits per heavy atom. The second kappa shape index (κ2) is 7.14. The van der Waals surface area contributed by atoms with E-state index < -0.39 is 36.3 Å². The molecule has 0 heterocycles. The molecule has 1 amide bonds. The molecule has 1 aromatic rings. The highest BCUT2D eigenvalue weighted by atomic mass is 32.3. The maximum atomic E-state index is 12.4. The number of benzene rings is 1. The molecule has 0 spiro atoms. The maximum Gasteiger partial charge on any atom is 0.305 e. The predicted molar refractivity (Wildman–Crippen MR) is 87.5 cm³/mol. The van der Waals surface area contributed by atoms with Crippen molar-refractivity contribution in [2.45, 2.75) is 23.5 Å². The fraction of sp³-hybridized carbons (Fsp3) is 0.286. The molecule has 0 fully saturated rings. The Labute approximate surface area is 140 Å². The molecule has 10 heteroatoms. The van der Waals surface area contributed by atoms with Crippen LogP contribution in [0, 0.1) is 0 Å². The summed E-state index contributed by atoms with van der Waals surface area (Å²) in [5.74, 6) is -1.49. The SMILES string of the molecule is C=C(C)C(=O)Nc1ccc(S(=O)(=O)C(OC(C)=O)S(C)(=O)=O)cc1. The first kappa shape index (κ1) is 19.8. The summed E-state index contributed by atoms with van der Waals surface area (Å²) in [5.41, 5.74) is 0.559. The molecule has 0 saturated heterocycles. The summed E-state index contributed by atoms with van der Waals surface area (Å²) in [7, 11) is -8.70. The number of carbonyl (C=O) groups excluding carboxylic acids is 2. The number of sulfone groups is 2. The number of esters is 1. The zero-order valence-corrected chi connectivity index (χ0v) is 14.9.